The van der Waals surface area contributed by atoms with Gasteiger partial charge in [-0.3, -0.25) is 0 Å². The van der Waals surface area contributed by atoms with Crippen molar-refractivity contribution in [1.82, 2.24) is 4.31 Å². The van der Waals surface area contributed by atoms with Gasteiger partial charge >= 0.3 is 0 Å². The fourth-order valence-corrected chi connectivity index (χ4v) is 3.29. The van der Waals surface area contributed by atoms with Crippen molar-refractivity contribution in [3.63, 3.8) is 0 Å². The molecule has 0 aliphatic carbocycles. The van der Waals surface area contributed by atoms with Crippen LogP contribution in [0.4, 0.5) is 4.39 Å². The molecule has 0 fully saturated rings. The summed E-state index contributed by atoms with van der Waals surface area (Å²) < 4.78 is 38.8. The molecule has 3 nitrogen and oxygen atoms in total. The van der Waals surface area contributed by atoms with Crippen molar-refractivity contribution >= 4 is 10.0 Å². The van der Waals surface area contributed by atoms with Crippen LogP contribution in [0.3, 0.4) is 0 Å². The Morgan fingerprint density at radius 2 is 1.82 bits per heavy atom. The highest BCUT2D eigenvalue weighted by Crippen LogP contribution is 2.24. The van der Waals surface area contributed by atoms with E-state index >= 15 is 0 Å². The normalized spacial score (nSPS) is 11.8. The lowest BCUT2D eigenvalue weighted by atomic mass is 10.1. The molecule has 0 spiro atoms. The standard InChI is InChI=1S/C12H16FNO2S/c1-5-6-14(4)17(15,16)12-9(2)7-11(13)8-10(12)3/h5,7-8H,1,6H2,2-4H3. The minimum absolute atomic E-state index is 0.170. The first-order valence-corrected chi connectivity index (χ1v) is 6.58. The second kappa shape index (κ2) is 4.98. The number of hydrogen-bond acceptors (Lipinski definition) is 2. The van der Waals surface area contributed by atoms with Crippen LogP contribution in [0.5, 0.6) is 0 Å². The lowest BCUT2D eigenvalue weighted by molar-refractivity contribution is 0.498. The predicted molar refractivity (Wildman–Crippen MR) is 65.9 cm³/mol. The average Bonchev–Trinajstić information content (AvgIpc) is 2.15. The Hall–Kier alpha value is -1.20. The van der Waals surface area contributed by atoms with Crippen LogP contribution in [0.1, 0.15) is 11.1 Å². The Labute approximate surface area is 102 Å². The molecule has 1 aromatic carbocycles. The van der Waals surface area contributed by atoms with Crippen molar-refractivity contribution in [3.05, 3.63) is 41.7 Å². The Kier molecular flexibility index (Phi) is 4.06. The zero-order chi connectivity index (χ0) is 13.2. The molecule has 5 heteroatoms. The van der Waals surface area contributed by atoms with E-state index < -0.39 is 15.8 Å². The highest BCUT2D eigenvalue weighted by Gasteiger charge is 2.24. The summed E-state index contributed by atoms with van der Waals surface area (Å²) in [6, 6.07) is 2.45. The van der Waals surface area contributed by atoms with Gasteiger partial charge in [-0.2, -0.15) is 4.31 Å². The lowest BCUT2D eigenvalue weighted by Gasteiger charge is -2.18. The smallest absolute Gasteiger partial charge is 0.207 e. The number of hydrogen-bond donors (Lipinski definition) is 0. The maximum Gasteiger partial charge on any atom is 0.243 e. The number of benzene rings is 1. The first-order chi connectivity index (χ1) is 7.80. The SMILES string of the molecule is C=CCN(C)S(=O)(=O)c1c(C)cc(F)cc1C. The van der Waals surface area contributed by atoms with E-state index in [1.807, 2.05) is 0 Å². The topological polar surface area (TPSA) is 37.4 Å². The second-order valence-electron chi connectivity index (χ2n) is 3.94. The summed E-state index contributed by atoms with van der Waals surface area (Å²) in [6.07, 6.45) is 1.51. The largest absolute Gasteiger partial charge is 0.243 e. The molecule has 0 radical (unpaired) electrons. The van der Waals surface area contributed by atoms with E-state index in [9.17, 15) is 12.8 Å². The van der Waals surface area contributed by atoms with Crippen molar-refractivity contribution in [2.24, 2.45) is 0 Å². The molecule has 0 saturated carbocycles. The van der Waals surface area contributed by atoms with Crippen molar-refractivity contribution in [2.45, 2.75) is 18.7 Å². The minimum atomic E-state index is -3.58. The van der Waals surface area contributed by atoms with Gasteiger partial charge in [-0.05, 0) is 37.1 Å². The molecule has 1 rings (SSSR count). The van der Waals surface area contributed by atoms with E-state index in [0.717, 1.165) is 0 Å². The van der Waals surface area contributed by atoms with E-state index in [1.165, 1.54) is 29.6 Å². The maximum absolute atomic E-state index is 13.1. The summed E-state index contributed by atoms with van der Waals surface area (Å²) in [5.74, 6) is -0.426. The van der Waals surface area contributed by atoms with Crippen molar-refractivity contribution in [2.75, 3.05) is 13.6 Å². The van der Waals surface area contributed by atoms with Crippen LogP contribution in [-0.2, 0) is 10.0 Å². The summed E-state index contributed by atoms with van der Waals surface area (Å²) in [5.41, 5.74) is 0.830. The van der Waals surface area contributed by atoms with Crippen LogP contribution in [0.15, 0.2) is 29.7 Å². The highest BCUT2D eigenvalue weighted by atomic mass is 32.2. The number of sulfonamides is 1. The molecule has 17 heavy (non-hydrogen) atoms. The molecular formula is C12H16FNO2S. The molecule has 1 aromatic rings. The second-order valence-corrected chi connectivity index (χ2v) is 5.92. The van der Waals surface area contributed by atoms with Crippen LogP contribution in [-0.4, -0.2) is 26.3 Å². The van der Waals surface area contributed by atoms with Crippen LogP contribution < -0.4 is 0 Å². The minimum Gasteiger partial charge on any atom is -0.207 e. The first kappa shape index (κ1) is 13.9. The Morgan fingerprint density at radius 1 is 1.35 bits per heavy atom. The van der Waals surface area contributed by atoms with Crippen LogP contribution in [0.25, 0.3) is 0 Å². The van der Waals surface area contributed by atoms with E-state index in [0.29, 0.717) is 11.1 Å². The van der Waals surface area contributed by atoms with E-state index in [1.54, 1.807) is 13.8 Å². The number of likely N-dealkylation sites (N-methyl/N-ethyl adjacent to an activating group) is 1. The molecule has 94 valence electrons. The summed E-state index contributed by atoms with van der Waals surface area (Å²) in [4.78, 5) is 0.170. The van der Waals surface area contributed by atoms with Crippen LogP contribution in [0.2, 0.25) is 0 Å². The average molecular weight is 257 g/mol. The highest BCUT2D eigenvalue weighted by molar-refractivity contribution is 7.89. The van der Waals surface area contributed by atoms with Crippen LogP contribution >= 0.6 is 0 Å². The fraction of sp³-hybridized carbons (Fsp3) is 0.333. The molecule has 0 atom stereocenters. The fourth-order valence-electron chi connectivity index (χ4n) is 1.74. The van der Waals surface area contributed by atoms with Gasteiger partial charge in [0.1, 0.15) is 5.82 Å². The van der Waals surface area contributed by atoms with E-state index in [4.69, 9.17) is 0 Å². The molecule has 0 aromatic heterocycles. The number of halogens is 1. The van der Waals surface area contributed by atoms with Crippen molar-refractivity contribution in [3.8, 4) is 0 Å². The van der Waals surface area contributed by atoms with Gasteiger partial charge in [-0.1, -0.05) is 6.08 Å². The molecule has 0 amide bonds. The third-order valence-electron chi connectivity index (χ3n) is 2.48. The van der Waals surface area contributed by atoms with Crippen molar-refractivity contribution in [1.29, 1.82) is 0 Å². The number of aryl methyl sites for hydroxylation is 2. The quantitative estimate of drug-likeness (QED) is 0.776. The Bertz CT molecular complexity index is 514. The Morgan fingerprint density at radius 3 is 2.24 bits per heavy atom. The molecular weight excluding hydrogens is 241 g/mol. The molecule has 0 bridgehead atoms. The summed E-state index contributed by atoms with van der Waals surface area (Å²) in [6.45, 7) is 6.90. The molecule has 0 saturated heterocycles. The maximum atomic E-state index is 13.1. The zero-order valence-corrected chi connectivity index (χ0v) is 11.0. The van der Waals surface area contributed by atoms with Gasteiger partial charge in [0.2, 0.25) is 10.0 Å². The van der Waals surface area contributed by atoms with Gasteiger partial charge in [-0.15, -0.1) is 6.58 Å². The number of nitrogens with zero attached hydrogens (tertiary/aromatic N) is 1. The summed E-state index contributed by atoms with van der Waals surface area (Å²) in [5, 5.41) is 0. The van der Waals surface area contributed by atoms with Gasteiger partial charge in [0.05, 0.1) is 4.90 Å². The van der Waals surface area contributed by atoms with Gasteiger partial charge in [-0.25, -0.2) is 12.8 Å². The first-order valence-electron chi connectivity index (χ1n) is 5.14. The van der Waals surface area contributed by atoms with E-state index in [2.05, 4.69) is 6.58 Å². The van der Waals surface area contributed by atoms with Crippen LogP contribution in [0, 0.1) is 19.7 Å². The van der Waals surface area contributed by atoms with Crippen molar-refractivity contribution < 1.29 is 12.8 Å². The third kappa shape index (κ3) is 2.73. The van der Waals surface area contributed by atoms with Gasteiger partial charge in [0.25, 0.3) is 0 Å². The monoisotopic (exact) mass is 257 g/mol. The molecule has 0 N–H and O–H groups in total. The van der Waals surface area contributed by atoms with E-state index in [-0.39, 0.29) is 11.4 Å². The summed E-state index contributed by atoms with van der Waals surface area (Å²) in [7, 11) is -2.11. The molecule has 0 aliphatic heterocycles. The molecule has 0 unspecified atom stereocenters. The van der Waals surface area contributed by atoms with Gasteiger partial charge in [0.15, 0.2) is 0 Å². The molecule has 0 heterocycles. The molecule has 0 aliphatic rings. The lowest BCUT2D eigenvalue weighted by Crippen LogP contribution is -2.28. The van der Waals surface area contributed by atoms with Gasteiger partial charge < -0.3 is 0 Å². The summed E-state index contributed by atoms with van der Waals surface area (Å²) >= 11 is 0. The third-order valence-corrected chi connectivity index (χ3v) is 4.61. The Balaban J connectivity index is 3.39. The predicted octanol–water partition coefficient (Wildman–Crippen LogP) is 2.25. The number of rotatable bonds is 4. The zero-order valence-electron chi connectivity index (χ0n) is 10.2. The van der Waals surface area contributed by atoms with Gasteiger partial charge in [0, 0.05) is 13.6 Å².